The Kier molecular flexibility index (Phi) is 8.28. The predicted octanol–water partition coefficient (Wildman–Crippen LogP) is 4.46. The topological polar surface area (TPSA) is 87.8 Å². The van der Waals surface area contributed by atoms with E-state index in [0.717, 1.165) is 40.3 Å². The van der Waals surface area contributed by atoms with Crippen LogP contribution >= 0.6 is 12.4 Å². The first kappa shape index (κ1) is 22.5. The van der Waals surface area contributed by atoms with Gasteiger partial charge in [0, 0.05) is 17.4 Å². The molecule has 2 heterocycles. The zero-order valence-corrected chi connectivity index (χ0v) is 16.8. The van der Waals surface area contributed by atoms with E-state index in [1.165, 1.54) is 0 Å². The normalized spacial score (nSPS) is 11.1. The minimum absolute atomic E-state index is 0. The van der Waals surface area contributed by atoms with Crippen LogP contribution in [0.15, 0.2) is 42.5 Å². The Balaban J connectivity index is 0.00000182. The van der Waals surface area contributed by atoms with Crippen molar-refractivity contribution >= 4 is 34.8 Å². The Morgan fingerprint density at radius 1 is 1.07 bits per heavy atom. The Morgan fingerprint density at radius 2 is 1.78 bits per heavy atom. The Labute approximate surface area is 165 Å². The van der Waals surface area contributed by atoms with Crippen molar-refractivity contribution in [1.82, 2.24) is 9.97 Å². The smallest absolute Gasteiger partial charge is 0.213 e. The molecule has 0 spiro atoms. The van der Waals surface area contributed by atoms with Gasteiger partial charge in [0.15, 0.2) is 0 Å². The maximum Gasteiger partial charge on any atom is 0.213 e. The van der Waals surface area contributed by atoms with Crippen LogP contribution in [0.4, 0.5) is 11.4 Å². The first-order valence-corrected chi connectivity index (χ1v) is 8.45. The number of aryl methyl sites for hydroxylation is 1. The van der Waals surface area contributed by atoms with E-state index >= 15 is 0 Å². The number of benzene rings is 1. The van der Waals surface area contributed by atoms with Crippen LogP contribution in [0.3, 0.4) is 0 Å². The monoisotopic (exact) mass is 391 g/mol. The van der Waals surface area contributed by atoms with Crippen LogP contribution in [-0.4, -0.2) is 28.7 Å². The molecule has 0 radical (unpaired) electrons. The molecule has 3 rings (SSSR count). The summed E-state index contributed by atoms with van der Waals surface area (Å²) in [6.07, 6.45) is 1.19. The lowest BCUT2D eigenvalue weighted by Crippen LogP contribution is -2.09. The molecular formula is C20H26ClN3O3. The molecule has 0 aliphatic rings. The van der Waals surface area contributed by atoms with Gasteiger partial charge in [-0.15, -0.1) is 12.4 Å². The molecule has 0 fully saturated rings. The molecule has 27 heavy (non-hydrogen) atoms. The largest absolute Gasteiger partial charge is 0.491 e. The van der Waals surface area contributed by atoms with Crippen molar-refractivity contribution in [1.29, 1.82) is 0 Å². The molecule has 146 valence electrons. The van der Waals surface area contributed by atoms with Gasteiger partial charge in [0.05, 0.1) is 24.4 Å². The van der Waals surface area contributed by atoms with Gasteiger partial charge in [0.1, 0.15) is 11.3 Å². The summed E-state index contributed by atoms with van der Waals surface area (Å²) in [6, 6.07) is 13.7. The van der Waals surface area contributed by atoms with E-state index in [1.54, 1.807) is 7.11 Å². The zero-order valence-electron chi connectivity index (χ0n) is 15.9. The number of fused-ring (bicyclic) bond motifs is 1. The van der Waals surface area contributed by atoms with Crippen molar-refractivity contribution in [2.24, 2.45) is 0 Å². The minimum Gasteiger partial charge on any atom is -0.491 e. The average Bonchev–Trinajstić information content (AvgIpc) is 2.62. The first-order chi connectivity index (χ1) is 12.1. The molecule has 3 N–H and O–H groups in total. The molecule has 2 aromatic heterocycles. The van der Waals surface area contributed by atoms with E-state index < -0.39 is 0 Å². The third-order valence-electron chi connectivity index (χ3n) is 4.01. The zero-order chi connectivity index (χ0) is 17.8. The molecule has 6 nitrogen and oxygen atoms in total. The summed E-state index contributed by atoms with van der Waals surface area (Å²) >= 11 is 0. The highest BCUT2D eigenvalue weighted by Gasteiger charge is 2.08. The lowest BCUT2D eigenvalue weighted by molar-refractivity contribution is 0.217. The van der Waals surface area contributed by atoms with E-state index in [4.69, 9.17) is 9.47 Å². The van der Waals surface area contributed by atoms with E-state index in [0.29, 0.717) is 5.88 Å². The van der Waals surface area contributed by atoms with Gasteiger partial charge in [-0.05, 0) is 56.7 Å². The van der Waals surface area contributed by atoms with E-state index in [2.05, 4.69) is 29.1 Å². The highest BCUT2D eigenvalue weighted by molar-refractivity contribution is 5.90. The fourth-order valence-corrected chi connectivity index (χ4v) is 2.52. The maximum atomic E-state index is 5.82. The van der Waals surface area contributed by atoms with Gasteiger partial charge in [0.25, 0.3) is 0 Å². The Hall–Kier alpha value is -2.57. The molecule has 1 atom stereocenters. The van der Waals surface area contributed by atoms with Gasteiger partial charge in [-0.3, -0.25) is 4.98 Å². The number of rotatable bonds is 6. The van der Waals surface area contributed by atoms with E-state index in [1.807, 2.05) is 49.4 Å². The van der Waals surface area contributed by atoms with Crippen LogP contribution in [0, 0.1) is 6.92 Å². The SMILES string of the molecule is CCC(C)Oc1ccc(Nc2cc(C)nc3ccc(OC)nc23)cc1.Cl.O. The van der Waals surface area contributed by atoms with Crippen LogP contribution in [0.5, 0.6) is 11.6 Å². The molecule has 1 unspecified atom stereocenters. The van der Waals surface area contributed by atoms with Crippen LogP contribution in [-0.2, 0) is 0 Å². The number of aromatic nitrogens is 2. The van der Waals surface area contributed by atoms with Crippen molar-refractivity contribution in [3.05, 3.63) is 48.2 Å². The number of pyridine rings is 2. The second kappa shape index (κ2) is 9.94. The number of hydrogen-bond donors (Lipinski definition) is 1. The lowest BCUT2D eigenvalue weighted by Gasteiger charge is -2.14. The van der Waals surface area contributed by atoms with Crippen molar-refractivity contribution in [2.75, 3.05) is 12.4 Å². The lowest BCUT2D eigenvalue weighted by atomic mass is 10.2. The summed E-state index contributed by atoms with van der Waals surface area (Å²) in [4.78, 5) is 9.06. The van der Waals surface area contributed by atoms with Gasteiger partial charge < -0.3 is 20.3 Å². The van der Waals surface area contributed by atoms with Crippen molar-refractivity contribution in [3.8, 4) is 11.6 Å². The Bertz CT molecular complexity index is 872. The highest BCUT2D eigenvalue weighted by Crippen LogP contribution is 2.27. The van der Waals surface area contributed by atoms with E-state index in [-0.39, 0.29) is 24.0 Å². The van der Waals surface area contributed by atoms with Crippen molar-refractivity contribution < 1.29 is 14.9 Å². The quantitative estimate of drug-likeness (QED) is 0.669. The second-order valence-electron chi connectivity index (χ2n) is 6.02. The third kappa shape index (κ3) is 5.45. The van der Waals surface area contributed by atoms with Gasteiger partial charge in [-0.1, -0.05) is 6.92 Å². The number of halogens is 1. The van der Waals surface area contributed by atoms with Gasteiger partial charge in [-0.25, -0.2) is 4.98 Å². The summed E-state index contributed by atoms with van der Waals surface area (Å²) in [5.41, 5.74) is 4.41. The summed E-state index contributed by atoms with van der Waals surface area (Å²) in [5, 5.41) is 3.42. The molecule has 0 aliphatic carbocycles. The minimum atomic E-state index is 0. The number of anilines is 2. The number of ether oxygens (including phenoxy) is 2. The maximum absolute atomic E-state index is 5.82. The molecule has 7 heteroatoms. The number of methoxy groups -OCH3 is 1. The molecule has 0 saturated carbocycles. The second-order valence-corrected chi connectivity index (χ2v) is 6.02. The van der Waals surface area contributed by atoms with Gasteiger partial charge in [-0.2, -0.15) is 0 Å². The van der Waals surface area contributed by atoms with Crippen LogP contribution in [0.1, 0.15) is 26.0 Å². The van der Waals surface area contributed by atoms with Crippen molar-refractivity contribution in [2.45, 2.75) is 33.3 Å². The van der Waals surface area contributed by atoms with Crippen LogP contribution < -0.4 is 14.8 Å². The summed E-state index contributed by atoms with van der Waals surface area (Å²) in [6.45, 7) is 6.15. The van der Waals surface area contributed by atoms with Crippen molar-refractivity contribution in [3.63, 3.8) is 0 Å². The highest BCUT2D eigenvalue weighted by atomic mass is 35.5. The molecule has 0 bridgehead atoms. The first-order valence-electron chi connectivity index (χ1n) is 8.45. The van der Waals surface area contributed by atoms with Gasteiger partial charge in [0.2, 0.25) is 5.88 Å². The molecule has 0 saturated heterocycles. The fraction of sp³-hybridized carbons (Fsp3) is 0.300. The standard InChI is InChI=1S/C20H23N3O2.ClH.H2O/c1-5-14(3)25-16-8-6-15(7-9-16)22-18-12-13(2)21-17-10-11-19(24-4)23-20(17)18;;/h6-12,14H,5H2,1-4H3,(H,21,22);1H;1H2. The fourth-order valence-electron chi connectivity index (χ4n) is 2.52. The van der Waals surface area contributed by atoms with E-state index in [9.17, 15) is 0 Å². The number of nitrogens with zero attached hydrogens (tertiary/aromatic N) is 2. The molecular weight excluding hydrogens is 366 g/mol. The summed E-state index contributed by atoms with van der Waals surface area (Å²) in [7, 11) is 1.61. The summed E-state index contributed by atoms with van der Waals surface area (Å²) < 4.78 is 11.1. The molecule has 1 aromatic carbocycles. The molecule has 0 amide bonds. The predicted molar refractivity (Wildman–Crippen MR) is 112 cm³/mol. The molecule has 0 aliphatic heterocycles. The Morgan fingerprint density at radius 3 is 2.41 bits per heavy atom. The molecule has 3 aromatic rings. The van der Waals surface area contributed by atoms with Crippen LogP contribution in [0.25, 0.3) is 11.0 Å². The summed E-state index contributed by atoms with van der Waals surface area (Å²) in [5.74, 6) is 1.44. The average molecular weight is 392 g/mol. The number of hydrogen-bond acceptors (Lipinski definition) is 5. The third-order valence-corrected chi connectivity index (χ3v) is 4.01. The number of nitrogens with one attached hydrogen (secondary N) is 1. The van der Waals surface area contributed by atoms with Crippen LogP contribution in [0.2, 0.25) is 0 Å². The van der Waals surface area contributed by atoms with Gasteiger partial charge >= 0.3 is 0 Å².